The van der Waals surface area contributed by atoms with Gasteiger partial charge >= 0.3 is 5.97 Å². The molecule has 1 heterocycles. The number of hydrogen-bond donors (Lipinski definition) is 0. The fourth-order valence-electron chi connectivity index (χ4n) is 4.07. The summed E-state index contributed by atoms with van der Waals surface area (Å²) in [5.74, 6) is -2.62. The average molecular weight is 530 g/mol. The van der Waals surface area contributed by atoms with Gasteiger partial charge in [-0.2, -0.15) is 0 Å². The van der Waals surface area contributed by atoms with Gasteiger partial charge in [0.2, 0.25) is 5.90 Å². The van der Waals surface area contributed by atoms with E-state index in [1.165, 1.54) is 72.8 Å². The molecule has 0 saturated heterocycles. The van der Waals surface area contributed by atoms with Crippen LogP contribution in [0.3, 0.4) is 0 Å². The van der Waals surface area contributed by atoms with Crippen LogP contribution in [0, 0.1) is 11.7 Å². The van der Waals surface area contributed by atoms with Crippen molar-refractivity contribution in [1.82, 2.24) is 0 Å². The average Bonchev–Trinajstić information content (AvgIpc) is 3.20. The van der Waals surface area contributed by atoms with Gasteiger partial charge in [0, 0.05) is 6.42 Å². The van der Waals surface area contributed by atoms with Gasteiger partial charge in [-0.3, -0.25) is 0 Å². The molecule has 3 aromatic rings. The van der Waals surface area contributed by atoms with E-state index in [1.54, 1.807) is 26.0 Å². The van der Waals surface area contributed by atoms with E-state index in [1.807, 2.05) is 0 Å². The molecule has 10 heteroatoms. The molecule has 0 saturated carbocycles. The van der Waals surface area contributed by atoms with Crippen LogP contribution in [0.25, 0.3) is 0 Å². The van der Waals surface area contributed by atoms with Crippen LogP contribution in [0.5, 0.6) is 0 Å². The van der Waals surface area contributed by atoms with Gasteiger partial charge < -0.3 is 4.74 Å². The summed E-state index contributed by atoms with van der Waals surface area (Å²) in [7, 11) is -9.04. The molecule has 1 aliphatic rings. The number of benzene rings is 3. The summed E-state index contributed by atoms with van der Waals surface area (Å²) >= 11 is 0. The summed E-state index contributed by atoms with van der Waals surface area (Å²) in [6.45, 7) is 3.22. The van der Waals surface area contributed by atoms with Crippen molar-refractivity contribution < 1.29 is 30.8 Å². The molecule has 1 aliphatic heterocycles. The van der Waals surface area contributed by atoms with E-state index in [0.717, 1.165) is 0 Å². The molecule has 3 aromatic carbocycles. The normalized spacial score (nSPS) is 18.4. The number of halogens is 1. The number of cyclic esters (lactones) is 1. The van der Waals surface area contributed by atoms with Crippen molar-refractivity contribution in [2.75, 3.05) is 0 Å². The SMILES string of the molecule is CC(C)[C@]1(CC(S(=O)(=O)c2ccccc2)S(=O)(=O)c2ccccc2)N=C(c2ccccc2F)OC1=O. The van der Waals surface area contributed by atoms with Crippen LogP contribution >= 0.6 is 0 Å². The molecule has 0 amide bonds. The summed E-state index contributed by atoms with van der Waals surface area (Å²) in [6.07, 6.45) is -0.712. The van der Waals surface area contributed by atoms with Crippen molar-refractivity contribution in [1.29, 1.82) is 0 Å². The van der Waals surface area contributed by atoms with Crippen LogP contribution in [0.2, 0.25) is 0 Å². The molecule has 7 nitrogen and oxygen atoms in total. The molecular formula is C26H24FNO6S2. The second-order valence-electron chi connectivity index (χ2n) is 8.72. The van der Waals surface area contributed by atoms with Crippen molar-refractivity contribution >= 4 is 31.5 Å². The minimum atomic E-state index is -4.52. The Morgan fingerprint density at radius 1 is 0.806 bits per heavy atom. The fraction of sp³-hybridized carbons (Fsp3) is 0.231. The first-order valence-corrected chi connectivity index (χ1v) is 14.2. The molecule has 0 radical (unpaired) electrons. The molecule has 188 valence electrons. The fourth-order valence-corrected chi connectivity index (χ4v) is 8.70. The lowest BCUT2D eigenvalue weighted by molar-refractivity contribution is -0.140. The van der Waals surface area contributed by atoms with Crippen LogP contribution in [0.4, 0.5) is 4.39 Å². The quantitative estimate of drug-likeness (QED) is 0.405. The van der Waals surface area contributed by atoms with Gasteiger partial charge in [-0.25, -0.2) is 31.0 Å². The predicted octanol–water partition coefficient (Wildman–Crippen LogP) is 4.19. The first-order valence-electron chi connectivity index (χ1n) is 11.1. The Bertz CT molecular complexity index is 1450. The summed E-state index contributed by atoms with van der Waals surface area (Å²) in [6, 6.07) is 19.9. The molecule has 0 aromatic heterocycles. The lowest BCUT2D eigenvalue weighted by Crippen LogP contribution is -2.46. The molecule has 0 N–H and O–H groups in total. The zero-order valence-electron chi connectivity index (χ0n) is 19.5. The first kappa shape index (κ1) is 25.7. The monoisotopic (exact) mass is 529 g/mol. The number of aliphatic imine (C=N–C) groups is 1. The molecule has 0 unspecified atom stereocenters. The first-order chi connectivity index (χ1) is 17.0. The van der Waals surface area contributed by atoms with Gasteiger partial charge in [0.15, 0.2) is 29.8 Å². The summed E-state index contributed by atoms with van der Waals surface area (Å²) < 4.78 is 72.8. The highest BCUT2D eigenvalue weighted by Crippen LogP contribution is 2.40. The van der Waals surface area contributed by atoms with Gasteiger partial charge in [-0.1, -0.05) is 62.4 Å². The van der Waals surface area contributed by atoms with Crippen LogP contribution in [-0.2, 0) is 29.2 Å². The summed E-state index contributed by atoms with van der Waals surface area (Å²) in [5.41, 5.74) is -1.96. The van der Waals surface area contributed by atoms with E-state index >= 15 is 0 Å². The Balaban J connectivity index is 1.91. The van der Waals surface area contributed by atoms with E-state index < -0.39 is 53.9 Å². The van der Waals surface area contributed by atoms with E-state index in [-0.39, 0.29) is 21.3 Å². The van der Waals surface area contributed by atoms with Gasteiger partial charge in [-0.15, -0.1) is 0 Å². The molecular weight excluding hydrogens is 505 g/mol. The zero-order chi connectivity index (χ0) is 26.1. The number of sulfone groups is 2. The zero-order valence-corrected chi connectivity index (χ0v) is 21.2. The number of nitrogens with zero attached hydrogens (tertiary/aromatic N) is 1. The Morgan fingerprint density at radius 2 is 1.28 bits per heavy atom. The topological polar surface area (TPSA) is 107 Å². The van der Waals surface area contributed by atoms with Crippen molar-refractivity contribution in [3.8, 4) is 0 Å². The lowest BCUT2D eigenvalue weighted by Gasteiger charge is -2.30. The van der Waals surface area contributed by atoms with Gasteiger partial charge in [0.25, 0.3) is 0 Å². The number of carbonyl (C=O) groups excluding carboxylic acids is 1. The number of hydrogen-bond acceptors (Lipinski definition) is 7. The maximum atomic E-state index is 14.4. The highest BCUT2D eigenvalue weighted by atomic mass is 32.3. The van der Waals surface area contributed by atoms with Crippen LogP contribution in [-0.4, -0.2) is 38.8 Å². The third kappa shape index (κ3) is 4.46. The molecule has 1 atom stereocenters. The molecule has 4 rings (SSSR count). The van der Waals surface area contributed by atoms with Gasteiger partial charge in [0.05, 0.1) is 15.4 Å². The largest absolute Gasteiger partial charge is 0.405 e. The van der Waals surface area contributed by atoms with Gasteiger partial charge in [0.1, 0.15) is 5.82 Å². The summed E-state index contributed by atoms with van der Waals surface area (Å²) in [4.78, 5) is 17.2. The second kappa shape index (κ2) is 9.59. The molecule has 36 heavy (non-hydrogen) atoms. The van der Waals surface area contributed by atoms with Crippen LogP contribution < -0.4 is 0 Å². The van der Waals surface area contributed by atoms with Crippen molar-refractivity contribution in [2.24, 2.45) is 10.9 Å². The smallest absolute Gasteiger partial charge is 0.341 e. The van der Waals surface area contributed by atoms with Gasteiger partial charge in [-0.05, 0) is 42.3 Å². The maximum absolute atomic E-state index is 14.4. The molecule has 0 bridgehead atoms. The summed E-state index contributed by atoms with van der Waals surface area (Å²) in [5, 5.41) is 0. The van der Waals surface area contributed by atoms with E-state index in [9.17, 15) is 26.0 Å². The Hall–Kier alpha value is -3.37. The minimum absolute atomic E-state index is 0.0817. The lowest BCUT2D eigenvalue weighted by atomic mass is 9.85. The third-order valence-corrected chi connectivity index (χ3v) is 11.3. The Labute approximate surface area is 209 Å². The number of esters is 1. The van der Waals surface area contributed by atoms with Crippen molar-refractivity contribution in [2.45, 2.75) is 40.2 Å². The Morgan fingerprint density at radius 3 is 1.75 bits per heavy atom. The van der Waals surface area contributed by atoms with E-state index in [0.29, 0.717) is 0 Å². The molecule has 0 spiro atoms. The highest BCUT2D eigenvalue weighted by Gasteiger charge is 2.55. The van der Waals surface area contributed by atoms with Crippen LogP contribution in [0.1, 0.15) is 25.8 Å². The third-order valence-electron chi connectivity index (χ3n) is 6.22. The van der Waals surface area contributed by atoms with E-state index in [2.05, 4.69) is 4.99 Å². The standard InChI is InChI=1S/C26H24FNO6S2/c1-18(2)26(25(29)34-24(28-26)21-15-9-10-16-22(21)27)17-23(35(30,31)19-11-5-3-6-12-19)36(32,33)20-13-7-4-8-14-20/h3-16,18,23H,17H2,1-2H3/t26-/m0/s1. The van der Waals surface area contributed by atoms with Crippen molar-refractivity contribution in [3.63, 3.8) is 0 Å². The predicted molar refractivity (Wildman–Crippen MR) is 132 cm³/mol. The molecule has 0 fully saturated rings. The van der Waals surface area contributed by atoms with Crippen LogP contribution in [0.15, 0.2) is 99.7 Å². The Kier molecular flexibility index (Phi) is 6.85. The molecule has 0 aliphatic carbocycles. The number of ether oxygens (including phenoxy) is 1. The number of carbonyl (C=O) groups is 1. The minimum Gasteiger partial charge on any atom is -0.405 e. The highest BCUT2D eigenvalue weighted by molar-refractivity contribution is 8.09. The van der Waals surface area contributed by atoms with E-state index in [4.69, 9.17) is 4.74 Å². The number of rotatable bonds is 8. The second-order valence-corrected chi connectivity index (χ2v) is 13.3. The van der Waals surface area contributed by atoms with Crippen molar-refractivity contribution in [3.05, 3.63) is 96.3 Å². The maximum Gasteiger partial charge on any atom is 0.341 e.